The molecule has 0 aromatic heterocycles. The summed E-state index contributed by atoms with van der Waals surface area (Å²) in [6, 6.07) is 0. The van der Waals surface area contributed by atoms with Crippen LogP contribution in [-0.2, 0) is 0 Å². The van der Waals surface area contributed by atoms with Crippen molar-refractivity contribution in [1.82, 2.24) is 0 Å². The molecule has 0 amide bonds. The van der Waals surface area contributed by atoms with Crippen molar-refractivity contribution in [3.8, 4) is 0 Å². The van der Waals surface area contributed by atoms with Crippen molar-refractivity contribution in [3.05, 3.63) is 24.3 Å². The Morgan fingerprint density at radius 1 is 1.18 bits per heavy atom. The lowest BCUT2D eigenvalue weighted by Crippen LogP contribution is -2.09. The van der Waals surface area contributed by atoms with Crippen LogP contribution in [0.4, 0.5) is 0 Å². The van der Waals surface area contributed by atoms with Gasteiger partial charge in [-0.1, -0.05) is 52.8 Å². The maximum Gasteiger partial charge on any atom is -0.0135 e. The molecule has 0 aromatic carbocycles. The molecular formula is C11H20. The Kier molecular flexibility index (Phi) is 3.57. The normalized spacial score (nSPS) is 11.3. The van der Waals surface area contributed by atoms with E-state index in [0.717, 1.165) is 12.8 Å². The maximum atomic E-state index is 4.04. The van der Waals surface area contributed by atoms with E-state index in [1.165, 1.54) is 11.1 Å². The van der Waals surface area contributed by atoms with E-state index in [0.29, 0.717) is 0 Å². The maximum absolute atomic E-state index is 4.04. The number of rotatable bonds is 3. The molecule has 0 atom stereocenters. The molecule has 0 heteroatoms. The summed E-state index contributed by atoms with van der Waals surface area (Å²) in [6.45, 7) is 16.8. The predicted molar refractivity (Wildman–Crippen MR) is 52.6 cm³/mol. The van der Waals surface area contributed by atoms with E-state index >= 15 is 0 Å². The van der Waals surface area contributed by atoms with Gasteiger partial charge in [-0.2, -0.15) is 0 Å². The van der Waals surface area contributed by atoms with Crippen LogP contribution >= 0.6 is 0 Å². The minimum Gasteiger partial charge on any atom is -0.0956 e. The summed E-state index contributed by atoms with van der Waals surface area (Å²) >= 11 is 0. The van der Waals surface area contributed by atoms with E-state index in [9.17, 15) is 0 Å². The summed E-state index contributed by atoms with van der Waals surface area (Å²) in [6.07, 6.45) is 2.24. The fourth-order valence-electron chi connectivity index (χ4n) is 0.983. The average molecular weight is 152 g/mol. The van der Waals surface area contributed by atoms with Crippen LogP contribution in [0.3, 0.4) is 0 Å². The van der Waals surface area contributed by atoms with Gasteiger partial charge < -0.3 is 0 Å². The molecule has 11 heavy (non-hydrogen) atoms. The average Bonchev–Trinajstić information content (AvgIpc) is 1.85. The first-order valence-corrected chi connectivity index (χ1v) is 4.27. The molecule has 0 rings (SSSR count). The van der Waals surface area contributed by atoms with Crippen LogP contribution in [0.5, 0.6) is 0 Å². The lowest BCUT2D eigenvalue weighted by atomic mass is 9.82. The molecule has 0 N–H and O–H groups in total. The monoisotopic (exact) mass is 152 g/mol. The molecule has 0 saturated carbocycles. The van der Waals surface area contributed by atoms with E-state index in [4.69, 9.17) is 0 Å². The Morgan fingerprint density at radius 3 is 1.91 bits per heavy atom. The molecule has 0 aromatic rings. The molecule has 0 saturated heterocycles. The molecule has 0 aliphatic rings. The second-order valence-electron chi connectivity index (χ2n) is 4.08. The first-order valence-electron chi connectivity index (χ1n) is 4.27. The summed E-state index contributed by atoms with van der Waals surface area (Å²) < 4.78 is 0. The van der Waals surface area contributed by atoms with E-state index in [1.807, 2.05) is 0 Å². The number of hydrogen-bond acceptors (Lipinski definition) is 0. The third-order valence-electron chi connectivity index (χ3n) is 1.88. The lowest BCUT2D eigenvalue weighted by Gasteiger charge is -2.23. The van der Waals surface area contributed by atoms with E-state index in [1.54, 1.807) is 0 Å². The SMILES string of the molecule is C=C(CCC)C(=C)C(C)(C)C. The predicted octanol–water partition coefficient (Wildman–Crippen LogP) is 3.95. The number of allylic oxidation sites excluding steroid dienone is 2. The first kappa shape index (κ1) is 10.5. The molecule has 0 heterocycles. The third kappa shape index (κ3) is 3.41. The highest BCUT2D eigenvalue weighted by Crippen LogP contribution is 2.30. The van der Waals surface area contributed by atoms with Gasteiger partial charge in [0.15, 0.2) is 0 Å². The van der Waals surface area contributed by atoms with Gasteiger partial charge in [0.2, 0.25) is 0 Å². The van der Waals surface area contributed by atoms with E-state index in [-0.39, 0.29) is 5.41 Å². The molecule has 0 aliphatic heterocycles. The smallest absolute Gasteiger partial charge is 0.0135 e. The van der Waals surface area contributed by atoms with Crippen LogP contribution in [0, 0.1) is 5.41 Å². The zero-order chi connectivity index (χ0) is 9.07. The van der Waals surface area contributed by atoms with Crippen LogP contribution < -0.4 is 0 Å². The second kappa shape index (κ2) is 3.75. The Hall–Kier alpha value is -0.520. The summed E-state index contributed by atoms with van der Waals surface area (Å²) in [7, 11) is 0. The summed E-state index contributed by atoms with van der Waals surface area (Å²) in [4.78, 5) is 0. The van der Waals surface area contributed by atoms with E-state index < -0.39 is 0 Å². The highest BCUT2D eigenvalue weighted by atomic mass is 14.2. The van der Waals surface area contributed by atoms with E-state index in [2.05, 4.69) is 40.9 Å². The van der Waals surface area contributed by atoms with Gasteiger partial charge in [-0.05, 0) is 17.4 Å². The summed E-state index contributed by atoms with van der Waals surface area (Å²) in [5, 5.41) is 0. The van der Waals surface area contributed by atoms with Crippen LogP contribution in [0.25, 0.3) is 0 Å². The van der Waals surface area contributed by atoms with Gasteiger partial charge in [-0.3, -0.25) is 0 Å². The topological polar surface area (TPSA) is 0 Å². The van der Waals surface area contributed by atoms with Gasteiger partial charge in [0.05, 0.1) is 0 Å². The second-order valence-corrected chi connectivity index (χ2v) is 4.08. The Balaban J connectivity index is 4.15. The third-order valence-corrected chi connectivity index (χ3v) is 1.88. The summed E-state index contributed by atoms with van der Waals surface area (Å²) in [5.41, 5.74) is 2.59. The molecule has 0 aliphatic carbocycles. The summed E-state index contributed by atoms with van der Waals surface area (Å²) in [5.74, 6) is 0. The van der Waals surface area contributed by atoms with Crippen molar-refractivity contribution in [1.29, 1.82) is 0 Å². The zero-order valence-electron chi connectivity index (χ0n) is 8.33. The molecule has 0 spiro atoms. The molecule has 0 unspecified atom stereocenters. The molecule has 0 fully saturated rings. The van der Waals surface area contributed by atoms with Crippen LogP contribution in [0.2, 0.25) is 0 Å². The van der Waals surface area contributed by atoms with Crippen molar-refractivity contribution >= 4 is 0 Å². The highest BCUT2D eigenvalue weighted by Gasteiger charge is 2.16. The van der Waals surface area contributed by atoms with Crippen LogP contribution in [-0.4, -0.2) is 0 Å². The minimum absolute atomic E-state index is 0.187. The fourth-order valence-corrected chi connectivity index (χ4v) is 0.983. The molecule has 0 nitrogen and oxygen atoms in total. The fraction of sp³-hybridized carbons (Fsp3) is 0.636. The van der Waals surface area contributed by atoms with Gasteiger partial charge in [-0.25, -0.2) is 0 Å². The Bertz CT molecular complexity index is 155. The minimum atomic E-state index is 0.187. The largest absolute Gasteiger partial charge is 0.0956 e. The number of hydrogen-bond donors (Lipinski definition) is 0. The Labute approximate surface area is 71.0 Å². The van der Waals surface area contributed by atoms with Gasteiger partial charge in [-0.15, -0.1) is 0 Å². The Morgan fingerprint density at radius 2 is 1.64 bits per heavy atom. The molecule has 0 radical (unpaired) electrons. The van der Waals surface area contributed by atoms with Crippen molar-refractivity contribution in [2.24, 2.45) is 5.41 Å². The highest BCUT2D eigenvalue weighted by molar-refractivity contribution is 5.29. The van der Waals surface area contributed by atoms with Crippen molar-refractivity contribution in [3.63, 3.8) is 0 Å². The first-order chi connectivity index (χ1) is 4.89. The van der Waals surface area contributed by atoms with Crippen LogP contribution in [0.1, 0.15) is 40.5 Å². The lowest BCUT2D eigenvalue weighted by molar-refractivity contribution is 0.508. The van der Waals surface area contributed by atoms with Gasteiger partial charge >= 0.3 is 0 Å². The van der Waals surface area contributed by atoms with Crippen molar-refractivity contribution < 1.29 is 0 Å². The quantitative estimate of drug-likeness (QED) is 0.537. The van der Waals surface area contributed by atoms with Gasteiger partial charge in [0, 0.05) is 0 Å². The van der Waals surface area contributed by atoms with Crippen molar-refractivity contribution in [2.45, 2.75) is 40.5 Å². The molecule has 0 bridgehead atoms. The zero-order valence-corrected chi connectivity index (χ0v) is 8.33. The van der Waals surface area contributed by atoms with Crippen LogP contribution in [0.15, 0.2) is 24.3 Å². The molecular weight excluding hydrogens is 132 g/mol. The standard InChI is InChI=1S/C11H20/c1-7-8-9(2)10(3)11(4,5)6/h2-3,7-8H2,1,4-6H3. The molecule has 64 valence electrons. The van der Waals surface area contributed by atoms with Crippen molar-refractivity contribution in [2.75, 3.05) is 0 Å². The van der Waals surface area contributed by atoms with Gasteiger partial charge in [0.1, 0.15) is 0 Å². The van der Waals surface area contributed by atoms with Gasteiger partial charge in [0.25, 0.3) is 0 Å².